The molecule has 230 valence electrons. The SMILES string of the molecule is CNC(=O)c1cc(Cl)c(COc2cccc(-c3cc(F)c(Cc4nc5ccc(C(=O)O)cc5n4CC4CCO4)cc3F)n2)cn1. The number of amides is 1. The number of rotatable bonds is 10. The molecule has 1 fully saturated rings. The number of fused-ring (bicyclic) bond motifs is 1. The summed E-state index contributed by atoms with van der Waals surface area (Å²) < 4.78 is 44.1. The van der Waals surface area contributed by atoms with E-state index >= 15 is 8.78 Å². The van der Waals surface area contributed by atoms with Crippen LogP contribution in [0.3, 0.4) is 0 Å². The first-order valence-electron chi connectivity index (χ1n) is 14.0. The summed E-state index contributed by atoms with van der Waals surface area (Å²) in [6.07, 6.45) is 2.15. The Kier molecular flexibility index (Phi) is 8.42. The van der Waals surface area contributed by atoms with Gasteiger partial charge in [-0.1, -0.05) is 17.7 Å². The van der Waals surface area contributed by atoms with Crippen molar-refractivity contribution >= 4 is 34.5 Å². The van der Waals surface area contributed by atoms with E-state index in [0.29, 0.717) is 35.6 Å². The number of carbonyl (C=O) groups is 2. The Bertz CT molecular complexity index is 1950. The fraction of sp³-hybridized carbons (Fsp3) is 0.219. The molecular weight excluding hydrogens is 608 g/mol. The predicted molar refractivity (Wildman–Crippen MR) is 160 cm³/mol. The number of aromatic carboxylic acids is 1. The molecule has 2 N–H and O–H groups in total. The van der Waals surface area contributed by atoms with Gasteiger partial charge in [0.15, 0.2) is 0 Å². The Morgan fingerprint density at radius 1 is 1.11 bits per heavy atom. The summed E-state index contributed by atoms with van der Waals surface area (Å²) >= 11 is 6.27. The maximum atomic E-state index is 15.5. The van der Waals surface area contributed by atoms with E-state index in [1.54, 1.807) is 18.2 Å². The molecule has 13 heteroatoms. The summed E-state index contributed by atoms with van der Waals surface area (Å²) in [7, 11) is 1.49. The summed E-state index contributed by atoms with van der Waals surface area (Å²) in [5.41, 5.74) is 2.07. The highest BCUT2D eigenvalue weighted by molar-refractivity contribution is 6.31. The van der Waals surface area contributed by atoms with Gasteiger partial charge >= 0.3 is 5.97 Å². The first-order chi connectivity index (χ1) is 21.7. The van der Waals surface area contributed by atoms with E-state index in [9.17, 15) is 14.7 Å². The van der Waals surface area contributed by atoms with Crippen molar-refractivity contribution < 1.29 is 33.0 Å². The second-order valence-corrected chi connectivity index (χ2v) is 10.8. The van der Waals surface area contributed by atoms with E-state index < -0.39 is 17.6 Å². The van der Waals surface area contributed by atoms with Crippen LogP contribution in [0.15, 0.2) is 60.8 Å². The number of imidazole rings is 1. The van der Waals surface area contributed by atoms with Crippen LogP contribution in [-0.2, 0) is 24.3 Å². The van der Waals surface area contributed by atoms with Crippen LogP contribution in [0.4, 0.5) is 8.78 Å². The minimum atomic E-state index is -1.07. The number of halogens is 3. The smallest absolute Gasteiger partial charge is 0.335 e. The Labute approximate surface area is 260 Å². The summed E-state index contributed by atoms with van der Waals surface area (Å²) in [5, 5.41) is 12.2. The van der Waals surface area contributed by atoms with E-state index in [4.69, 9.17) is 21.1 Å². The minimum absolute atomic E-state index is 0.0209. The molecule has 1 aliphatic rings. The molecule has 1 unspecified atom stereocenters. The topological polar surface area (TPSA) is 128 Å². The van der Waals surface area contributed by atoms with Crippen molar-refractivity contribution in [3.05, 3.63) is 106 Å². The zero-order chi connectivity index (χ0) is 31.7. The first-order valence-corrected chi connectivity index (χ1v) is 14.4. The summed E-state index contributed by atoms with van der Waals surface area (Å²) in [6, 6.07) is 12.9. The quantitative estimate of drug-likeness (QED) is 0.208. The predicted octanol–water partition coefficient (Wildman–Crippen LogP) is 5.44. The van der Waals surface area contributed by atoms with Crippen molar-refractivity contribution in [1.82, 2.24) is 24.8 Å². The number of hydrogen-bond acceptors (Lipinski definition) is 7. The van der Waals surface area contributed by atoms with Gasteiger partial charge in [-0.3, -0.25) is 9.78 Å². The van der Waals surface area contributed by atoms with Crippen molar-refractivity contribution in [3.8, 4) is 17.1 Å². The van der Waals surface area contributed by atoms with E-state index in [-0.39, 0.29) is 64.0 Å². The first kappa shape index (κ1) is 30.1. The molecule has 0 radical (unpaired) electrons. The third-order valence-corrected chi connectivity index (χ3v) is 7.85. The highest BCUT2D eigenvalue weighted by Gasteiger charge is 2.24. The molecule has 3 aromatic heterocycles. The van der Waals surface area contributed by atoms with Crippen molar-refractivity contribution in [3.63, 3.8) is 0 Å². The molecule has 1 saturated heterocycles. The normalized spacial score (nSPS) is 14.3. The van der Waals surface area contributed by atoms with E-state index in [2.05, 4.69) is 20.3 Å². The van der Waals surface area contributed by atoms with Gasteiger partial charge in [-0.05, 0) is 54.4 Å². The molecule has 1 aliphatic heterocycles. The second kappa shape index (κ2) is 12.6. The lowest BCUT2D eigenvalue weighted by Crippen LogP contribution is -2.31. The molecule has 6 rings (SSSR count). The van der Waals surface area contributed by atoms with E-state index in [1.165, 1.54) is 37.5 Å². The van der Waals surface area contributed by atoms with Gasteiger partial charge in [0.05, 0.1) is 40.0 Å². The van der Waals surface area contributed by atoms with Crippen LogP contribution in [0.2, 0.25) is 5.02 Å². The Morgan fingerprint density at radius 2 is 1.93 bits per heavy atom. The molecule has 5 aromatic rings. The highest BCUT2D eigenvalue weighted by Crippen LogP contribution is 2.29. The average Bonchev–Trinajstić information content (AvgIpc) is 3.35. The van der Waals surface area contributed by atoms with Gasteiger partial charge in [-0.15, -0.1) is 0 Å². The van der Waals surface area contributed by atoms with Gasteiger partial charge in [-0.25, -0.2) is 23.5 Å². The highest BCUT2D eigenvalue weighted by atomic mass is 35.5. The number of nitrogens with one attached hydrogen (secondary N) is 1. The maximum absolute atomic E-state index is 15.5. The summed E-state index contributed by atoms with van der Waals surface area (Å²) in [4.78, 5) is 36.4. The van der Waals surface area contributed by atoms with E-state index in [1.807, 2.05) is 4.57 Å². The molecule has 1 atom stereocenters. The molecule has 0 spiro atoms. The van der Waals surface area contributed by atoms with Crippen LogP contribution in [-0.4, -0.2) is 56.3 Å². The number of nitrogens with zero attached hydrogens (tertiary/aromatic N) is 4. The number of ether oxygens (including phenoxy) is 2. The molecule has 2 aromatic carbocycles. The summed E-state index contributed by atoms with van der Waals surface area (Å²) in [5.74, 6) is -2.19. The Hall–Kier alpha value is -4.94. The lowest BCUT2D eigenvalue weighted by Gasteiger charge is -2.27. The molecule has 45 heavy (non-hydrogen) atoms. The van der Waals surface area contributed by atoms with Crippen molar-refractivity contribution in [2.75, 3.05) is 13.7 Å². The van der Waals surface area contributed by atoms with Gasteiger partial charge < -0.3 is 24.5 Å². The zero-order valence-corrected chi connectivity index (χ0v) is 24.6. The molecular formula is C32H26ClF2N5O5. The van der Waals surface area contributed by atoms with Gasteiger partial charge in [0, 0.05) is 43.5 Å². The number of benzene rings is 2. The third kappa shape index (κ3) is 6.33. The molecule has 10 nitrogen and oxygen atoms in total. The number of carboxylic acids is 1. The van der Waals surface area contributed by atoms with Crippen LogP contribution >= 0.6 is 11.6 Å². The van der Waals surface area contributed by atoms with Crippen molar-refractivity contribution in [1.29, 1.82) is 0 Å². The monoisotopic (exact) mass is 633 g/mol. The second-order valence-electron chi connectivity index (χ2n) is 10.4. The van der Waals surface area contributed by atoms with E-state index in [0.717, 1.165) is 18.6 Å². The Morgan fingerprint density at radius 3 is 2.64 bits per heavy atom. The van der Waals surface area contributed by atoms with Crippen LogP contribution < -0.4 is 10.1 Å². The van der Waals surface area contributed by atoms with Crippen LogP contribution in [0.1, 0.15) is 44.2 Å². The standard InChI is InChI=1S/C32H26ClF2N5O5/c1-36-31(41)27-13-22(33)19(14-37-27)16-45-30-4-2-3-25(39-30)21-12-23(34)18(9-24(21)35)11-29-38-26-6-5-17(32(42)43)10-28(26)40(29)15-20-7-8-44-20/h2-6,9-10,12-14,20H,7-8,11,15-16H2,1H3,(H,36,41)(H,42,43). The minimum Gasteiger partial charge on any atom is -0.478 e. The molecule has 1 amide bonds. The molecule has 4 heterocycles. The number of pyridine rings is 2. The van der Waals surface area contributed by atoms with Gasteiger partial charge in [-0.2, -0.15) is 0 Å². The van der Waals surface area contributed by atoms with Gasteiger partial charge in [0.25, 0.3) is 5.91 Å². The number of hydrogen-bond donors (Lipinski definition) is 2. The van der Waals surface area contributed by atoms with Crippen molar-refractivity contribution in [2.24, 2.45) is 0 Å². The average molecular weight is 634 g/mol. The number of carbonyl (C=O) groups excluding carboxylic acids is 1. The zero-order valence-electron chi connectivity index (χ0n) is 23.9. The lowest BCUT2D eigenvalue weighted by atomic mass is 10.0. The van der Waals surface area contributed by atoms with Crippen LogP contribution in [0.25, 0.3) is 22.3 Å². The van der Waals surface area contributed by atoms with Gasteiger partial charge in [0.2, 0.25) is 5.88 Å². The van der Waals surface area contributed by atoms with Crippen LogP contribution in [0, 0.1) is 11.6 Å². The fourth-order valence-corrected chi connectivity index (χ4v) is 5.19. The molecule has 0 bridgehead atoms. The largest absolute Gasteiger partial charge is 0.478 e. The fourth-order valence-electron chi connectivity index (χ4n) is 4.98. The lowest BCUT2D eigenvalue weighted by molar-refractivity contribution is -0.0589. The molecule has 0 saturated carbocycles. The molecule has 0 aliphatic carbocycles. The Balaban J connectivity index is 1.24. The third-order valence-electron chi connectivity index (χ3n) is 7.50. The maximum Gasteiger partial charge on any atom is 0.335 e. The van der Waals surface area contributed by atoms with Gasteiger partial charge in [0.1, 0.15) is 29.8 Å². The van der Waals surface area contributed by atoms with Crippen LogP contribution in [0.5, 0.6) is 5.88 Å². The number of aromatic nitrogens is 4. The summed E-state index contributed by atoms with van der Waals surface area (Å²) in [6.45, 7) is 1.02. The number of carboxylic acid groups (broad SMARTS) is 1. The van der Waals surface area contributed by atoms with Crippen molar-refractivity contribution in [2.45, 2.75) is 32.1 Å².